The Morgan fingerprint density at radius 2 is 2.21 bits per heavy atom. The van der Waals surface area contributed by atoms with Gasteiger partial charge in [-0.05, 0) is 27.1 Å². The molecule has 0 rings (SSSR count). The van der Waals surface area contributed by atoms with Crippen LogP contribution in [-0.2, 0) is 9.53 Å². The Morgan fingerprint density at radius 1 is 1.50 bits per heavy atom. The Hall–Kier alpha value is -0.650. The number of nitrogens with zero attached hydrogens (tertiary/aromatic N) is 1. The molecule has 5 nitrogen and oxygen atoms in total. The van der Waals surface area contributed by atoms with E-state index >= 15 is 0 Å². The summed E-state index contributed by atoms with van der Waals surface area (Å²) in [6, 6.07) is 0. The van der Waals surface area contributed by atoms with Gasteiger partial charge in [-0.3, -0.25) is 4.79 Å². The molecule has 0 bridgehead atoms. The molecule has 84 valence electrons. The largest absolute Gasteiger partial charge is 0.394 e. The molecule has 0 aromatic heterocycles. The molecule has 14 heavy (non-hydrogen) atoms. The molecule has 0 aliphatic carbocycles. The molecule has 5 heteroatoms. The summed E-state index contributed by atoms with van der Waals surface area (Å²) in [5.41, 5.74) is 0. The standard InChI is InChI=1S/C9H20N2O3/c1-11(2)5-3-4-10-9(13)8-14-7-6-12/h12H,3-8H2,1-2H3,(H,10,13). The molecule has 0 aromatic rings. The van der Waals surface area contributed by atoms with Crippen molar-refractivity contribution in [3.63, 3.8) is 0 Å². The van der Waals surface area contributed by atoms with Crippen molar-refractivity contribution in [3.8, 4) is 0 Å². The zero-order valence-electron chi connectivity index (χ0n) is 8.95. The molecule has 0 aliphatic heterocycles. The first kappa shape index (κ1) is 13.4. The summed E-state index contributed by atoms with van der Waals surface area (Å²) in [6.45, 7) is 1.82. The predicted molar refractivity (Wildman–Crippen MR) is 54.1 cm³/mol. The molecular formula is C9H20N2O3. The molecule has 0 aliphatic rings. The van der Waals surface area contributed by atoms with E-state index in [1.807, 2.05) is 14.1 Å². The van der Waals surface area contributed by atoms with Crippen LogP contribution in [0.25, 0.3) is 0 Å². The molecule has 2 N–H and O–H groups in total. The normalized spacial score (nSPS) is 10.6. The van der Waals surface area contributed by atoms with Gasteiger partial charge in [-0.15, -0.1) is 0 Å². The van der Waals surface area contributed by atoms with Crippen LogP contribution in [0.5, 0.6) is 0 Å². The number of aliphatic hydroxyl groups excluding tert-OH is 1. The van der Waals surface area contributed by atoms with Crippen molar-refractivity contribution in [3.05, 3.63) is 0 Å². The van der Waals surface area contributed by atoms with Crippen LogP contribution < -0.4 is 5.32 Å². The van der Waals surface area contributed by atoms with Crippen LogP contribution in [0.1, 0.15) is 6.42 Å². The quantitative estimate of drug-likeness (QED) is 0.501. The third kappa shape index (κ3) is 9.44. The van der Waals surface area contributed by atoms with Crippen LogP contribution >= 0.6 is 0 Å². The second-order valence-electron chi connectivity index (χ2n) is 3.28. The van der Waals surface area contributed by atoms with E-state index in [-0.39, 0.29) is 25.7 Å². The Bertz CT molecular complexity index is 151. The van der Waals surface area contributed by atoms with Gasteiger partial charge in [0.15, 0.2) is 0 Å². The monoisotopic (exact) mass is 204 g/mol. The van der Waals surface area contributed by atoms with Gasteiger partial charge < -0.3 is 20.1 Å². The maximum Gasteiger partial charge on any atom is 0.246 e. The fraction of sp³-hybridized carbons (Fsp3) is 0.889. The molecule has 0 heterocycles. The van der Waals surface area contributed by atoms with Gasteiger partial charge in [0, 0.05) is 6.54 Å². The summed E-state index contributed by atoms with van der Waals surface area (Å²) in [4.78, 5) is 13.1. The highest BCUT2D eigenvalue weighted by Gasteiger charge is 1.99. The molecule has 0 unspecified atom stereocenters. The lowest BCUT2D eigenvalue weighted by molar-refractivity contribution is -0.125. The molecule has 0 fully saturated rings. The van der Waals surface area contributed by atoms with E-state index in [4.69, 9.17) is 9.84 Å². The predicted octanol–water partition coefficient (Wildman–Crippen LogP) is -0.937. The van der Waals surface area contributed by atoms with Gasteiger partial charge in [-0.25, -0.2) is 0 Å². The first-order chi connectivity index (χ1) is 6.66. The number of hydrogen-bond acceptors (Lipinski definition) is 4. The van der Waals surface area contributed by atoms with Crippen molar-refractivity contribution in [1.82, 2.24) is 10.2 Å². The van der Waals surface area contributed by atoms with Gasteiger partial charge in [-0.2, -0.15) is 0 Å². The SMILES string of the molecule is CN(C)CCCNC(=O)COCCO. The molecule has 0 saturated heterocycles. The van der Waals surface area contributed by atoms with Crippen LogP contribution in [0.3, 0.4) is 0 Å². The highest BCUT2D eigenvalue weighted by atomic mass is 16.5. The van der Waals surface area contributed by atoms with Gasteiger partial charge in [0.25, 0.3) is 0 Å². The highest BCUT2D eigenvalue weighted by molar-refractivity contribution is 5.77. The summed E-state index contributed by atoms with van der Waals surface area (Å²) < 4.78 is 4.85. The summed E-state index contributed by atoms with van der Waals surface area (Å²) in [5.74, 6) is -0.128. The average molecular weight is 204 g/mol. The zero-order chi connectivity index (χ0) is 10.8. The third-order valence-corrected chi connectivity index (χ3v) is 1.57. The molecule has 0 aromatic carbocycles. The molecule has 0 saturated carbocycles. The molecule has 0 radical (unpaired) electrons. The first-order valence-electron chi connectivity index (χ1n) is 4.77. The van der Waals surface area contributed by atoms with Gasteiger partial charge in [0.2, 0.25) is 5.91 Å². The topological polar surface area (TPSA) is 61.8 Å². The maximum absolute atomic E-state index is 11.0. The number of hydrogen-bond donors (Lipinski definition) is 2. The van der Waals surface area contributed by atoms with E-state index in [1.54, 1.807) is 0 Å². The molecule has 0 spiro atoms. The van der Waals surface area contributed by atoms with E-state index in [1.165, 1.54) is 0 Å². The fourth-order valence-electron chi connectivity index (χ4n) is 0.904. The Kier molecular flexibility index (Phi) is 8.51. The van der Waals surface area contributed by atoms with E-state index in [0.29, 0.717) is 6.54 Å². The van der Waals surface area contributed by atoms with Crippen LogP contribution in [0.2, 0.25) is 0 Å². The van der Waals surface area contributed by atoms with E-state index in [9.17, 15) is 4.79 Å². The van der Waals surface area contributed by atoms with Gasteiger partial charge in [0.1, 0.15) is 6.61 Å². The van der Waals surface area contributed by atoms with E-state index < -0.39 is 0 Å². The fourth-order valence-corrected chi connectivity index (χ4v) is 0.904. The molecular weight excluding hydrogens is 184 g/mol. The van der Waals surface area contributed by atoms with Crippen molar-refractivity contribution in [1.29, 1.82) is 0 Å². The Labute approximate surface area is 85.0 Å². The first-order valence-corrected chi connectivity index (χ1v) is 4.77. The van der Waals surface area contributed by atoms with Crippen LogP contribution in [0.15, 0.2) is 0 Å². The van der Waals surface area contributed by atoms with E-state index in [0.717, 1.165) is 13.0 Å². The van der Waals surface area contributed by atoms with Crippen molar-refractivity contribution >= 4 is 5.91 Å². The maximum atomic E-state index is 11.0. The zero-order valence-corrected chi connectivity index (χ0v) is 8.95. The second kappa shape index (κ2) is 8.93. The van der Waals surface area contributed by atoms with Crippen LogP contribution in [0.4, 0.5) is 0 Å². The summed E-state index contributed by atoms with van der Waals surface area (Å²) in [6.07, 6.45) is 0.929. The van der Waals surface area contributed by atoms with Gasteiger partial charge in [-0.1, -0.05) is 0 Å². The minimum Gasteiger partial charge on any atom is -0.394 e. The lowest BCUT2D eigenvalue weighted by atomic mass is 10.4. The minimum absolute atomic E-state index is 0.0303. The summed E-state index contributed by atoms with van der Waals surface area (Å²) in [7, 11) is 3.98. The minimum atomic E-state index is -0.128. The smallest absolute Gasteiger partial charge is 0.246 e. The second-order valence-corrected chi connectivity index (χ2v) is 3.28. The third-order valence-electron chi connectivity index (χ3n) is 1.57. The van der Waals surface area contributed by atoms with Crippen molar-refractivity contribution in [2.75, 3.05) is 47.0 Å². The number of aliphatic hydroxyl groups is 1. The van der Waals surface area contributed by atoms with Gasteiger partial charge >= 0.3 is 0 Å². The molecule has 0 atom stereocenters. The Morgan fingerprint density at radius 3 is 2.79 bits per heavy atom. The van der Waals surface area contributed by atoms with Crippen molar-refractivity contribution in [2.24, 2.45) is 0 Å². The summed E-state index contributed by atoms with van der Waals surface area (Å²) in [5, 5.41) is 11.1. The molecule has 1 amide bonds. The average Bonchev–Trinajstić information content (AvgIpc) is 2.13. The van der Waals surface area contributed by atoms with Gasteiger partial charge in [0.05, 0.1) is 13.2 Å². The lowest BCUT2D eigenvalue weighted by Crippen LogP contribution is -2.30. The van der Waals surface area contributed by atoms with Crippen LogP contribution in [-0.4, -0.2) is 62.9 Å². The lowest BCUT2D eigenvalue weighted by Gasteiger charge is -2.09. The highest BCUT2D eigenvalue weighted by Crippen LogP contribution is 1.81. The number of rotatable bonds is 8. The van der Waals surface area contributed by atoms with Crippen molar-refractivity contribution in [2.45, 2.75) is 6.42 Å². The Balaban J connectivity index is 3.18. The van der Waals surface area contributed by atoms with Crippen LogP contribution in [0, 0.1) is 0 Å². The van der Waals surface area contributed by atoms with Crippen molar-refractivity contribution < 1.29 is 14.6 Å². The number of carbonyl (C=O) groups excluding carboxylic acids is 1. The number of carbonyl (C=O) groups is 1. The summed E-state index contributed by atoms with van der Waals surface area (Å²) >= 11 is 0. The number of ether oxygens (including phenoxy) is 1. The number of amides is 1. The number of nitrogens with one attached hydrogen (secondary N) is 1. The van der Waals surface area contributed by atoms with E-state index in [2.05, 4.69) is 10.2 Å².